The smallest absolute Gasteiger partial charge is 0.338 e. The Bertz CT molecular complexity index is 1380. The summed E-state index contributed by atoms with van der Waals surface area (Å²) >= 11 is 0. The molecule has 3 aromatic rings. The minimum Gasteiger partial charge on any atom is -0.462 e. The summed E-state index contributed by atoms with van der Waals surface area (Å²) in [4.78, 5) is 42.0. The second kappa shape index (κ2) is 14.6. The van der Waals surface area contributed by atoms with E-state index in [1.165, 1.54) is 75.5 Å². The van der Waals surface area contributed by atoms with Gasteiger partial charge >= 0.3 is 5.97 Å². The number of hydrogen-bond acceptors (Lipinski definition) is 4. The normalized spacial score (nSPS) is 21.0. The van der Waals surface area contributed by atoms with E-state index in [0.717, 1.165) is 35.1 Å². The van der Waals surface area contributed by atoms with E-state index in [1.54, 1.807) is 24.3 Å². The van der Waals surface area contributed by atoms with Crippen molar-refractivity contribution in [2.45, 2.75) is 102 Å². The van der Waals surface area contributed by atoms with Gasteiger partial charge in [-0.1, -0.05) is 133 Å². The van der Waals surface area contributed by atoms with Gasteiger partial charge < -0.3 is 4.74 Å². The molecule has 3 aromatic carbocycles. The van der Waals surface area contributed by atoms with Crippen molar-refractivity contribution in [2.24, 2.45) is 11.8 Å². The average Bonchev–Trinajstić information content (AvgIpc) is 3.34. The number of imide groups is 1. The Labute approximate surface area is 268 Å². The minimum absolute atomic E-state index is 0.131. The van der Waals surface area contributed by atoms with E-state index in [9.17, 15) is 14.4 Å². The number of anilines is 1. The minimum atomic E-state index is -0.419. The number of nitrogens with zero attached hydrogens (tertiary/aromatic N) is 1. The van der Waals surface area contributed by atoms with Gasteiger partial charge in [0.1, 0.15) is 0 Å². The van der Waals surface area contributed by atoms with Gasteiger partial charge in [-0.25, -0.2) is 9.69 Å². The molecule has 0 unspecified atom stereocenters. The van der Waals surface area contributed by atoms with Crippen molar-refractivity contribution in [3.05, 3.63) is 101 Å². The van der Waals surface area contributed by atoms with Crippen LogP contribution in [0.5, 0.6) is 0 Å². The van der Waals surface area contributed by atoms with Crippen LogP contribution < -0.4 is 4.90 Å². The highest BCUT2D eigenvalue weighted by Gasteiger charge is 2.61. The summed E-state index contributed by atoms with van der Waals surface area (Å²) in [5, 5.41) is 0. The van der Waals surface area contributed by atoms with Gasteiger partial charge in [-0.05, 0) is 52.9 Å². The first-order valence-corrected chi connectivity index (χ1v) is 17.4. The zero-order valence-electron chi connectivity index (χ0n) is 26.7. The third-order valence-corrected chi connectivity index (χ3v) is 10.3. The van der Waals surface area contributed by atoms with Gasteiger partial charge in [0.25, 0.3) is 0 Å². The summed E-state index contributed by atoms with van der Waals surface area (Å²) in [5.41, 5.74) is 5.59. The van der Waals surface area contributed by atoms with Crippen molar-refractivity contribution < 1.29 is 19.1 Å². The average molecular weight is 606 g/mol. The number of carbonyl (C=O) groups excluding carboxylic acids is 3. The van der Waals surface area contributed by atoms with E-state index < -0.39 is 11.8 Å². The largest absolute Gasteiger partial charge is 0.462 e. The van der Waals surface area contributed by atoms with Crippen LogP contribution in [-0.4, -0.2) is 24.4 Å². The molecule has 3 aliphatic carbocycles. The van der Waals surface area contributed by atoms with Crippen LogP contribution in [-0.2, 0) is 14.3 Å². The van der Waals surface area contributed by atoms with Crippen LogP contribution in [0.4, 0.5) is 5.69 Å². The fourth-order valence-corrected chi connectivity index (χ4v) is 8.05. The maximum absolute atomic E-state index is 14.0. The van der Waals surface area contributed by atoms with Crippen LogP contribution in [0.25, 0.3) is 0 Å². The molecule has 4 aliphatic rings. The van der Waals surface area contributed by atoms with Gasteiger partial charge in [0.15, 0.2) is 0 Å². The fourth-order valence-electron chi connectivity index (χ4n) is 8.05. The summed E-state index contributed by atoms with van der Waals surface area (Å²) in [6, 6.07) is 23.3. The first-order valence-electron chi connectivity index (χ1n) is 17.4. The van der Waals surface area contributed by atoms with Crippen LogP contribution in [0.1, 0.15) is 135 Å². The Morgan fingerprint density at radius 1 is 0.578 bits per heavy atom. The zero-order valence-corrected chi connectivity index (χ0v) is 26.7. The number of hydrogen-bond donors (Lipinski definition) is 0. The van der Waals surface area contributed by atoms with Crippen molar-refractivity contribution in [3.63, 3.8) is 0 Å². The summed E-state index contributed by atoms with van der Waals surface area (Å²) in [6.07, 6.45) is 16.6. The monoisotopic (exact) mass is 605 g/mol. The van der Waals surface area contributed by atoms with Gasteiger partial charge in [0, 0.05) is 11.8 Å². The Kier molecular flexibility index (Phi) is 10.1. The van der Waals surface area contributed by atoms with E-state index in [2.05, 4.69) is 31.2 Å². The second-order valence-electron chi connectivity index (χ2n) is 13.2. The quantitative estimate of drug-likeness (QED) is 0.0927. The fraction of sp³-hybridized carbons (Fsp3) is 0.475. The lowest BCUT2D eigenvalue weighted by Gasteiger charge is -2.45. The van der Waals surface area contributed by atoms with Gasteiger partial charge in [0.05, 0.1) is 29.7 Å². The number of ether oxygens (including phenoxy) is 1. The molecule has 2 bridgehead atoms. The van der Waals surface area contributed by atoms with E-state index in [0.29, 0.717) is 17.9 Å². The zero-order chi connectivity index (χ0) is 31.2. The summed E-state index contributed by atoms with van der Waals surface area (Å²) < 4.78 is 5.53. The Morgan fingerprint density at radius 3 is 1.40 bits per heavy atom. The van der Waals surface area contributed by atoms with Crippen molar-refractivity contribution >= 4 is 23.5 Å². The maximum Gasteiger partial charge on any atom is 0.338 e. The first kappa shape index (κ1) is 31.3. The molecule has 45 heavy (non-hydrogen) atoms. The molecular formula is C40H47NO4. The molecule has 1 fully saturated rings. The first-order chi connectivity index (χ1) is 22.1. The number of carbonyl (C=O) groups is 3. The van der Waals surface area contributed by atoms with Crippen LogP contribution >= 0.6 is 0 Å². The van der Waals surface area contributed by atoms with Crippen molar-refractivity contribution in [1.82, 2.24) is 0 Å². The molecule has 1 saturated heterocycles. The molecule has 2 amide bonds. The molecule has 0 aromatic heterocycles. The number of rotatable bonds is 16. The summed E-state index contributed by atoms with van der Waals surface area (Å²) in [5.74, 6) is -1.77. The van der Waals surface area contributed by atoms with E-state index in [1.807, 2.05) is 24.3 Å². The lowest BCUT2D eigenvalue weighted by Crippen LogP contribution is -2.41. The van der Waals surface area contributed by atoms with Crippen molar-refractivity contribution in [1.29, 1.82) is 0 Å². The molecule has 236 valence electrons. The second-order valence-corrected chi connectivity index (χ2v) is 13.2. The number of esters is 1. The molecule has 2 atom stereocenters. The summed E-state index contributed by atoms with van der Waals surface area (Å²) in [6.45, 7) is 2.67. The lowest BCUT2D eigenvalue weighted by molar-refractivity contribution is -0.122. The Balaban J connectivity index is 0.977. The van der Waals surface area contributed by atoms with Gasteiger partial charge in [-0.3, -0.25) is 9.59 Å². The third kappa shape index (κ3) is 6.36. The molecule has 1 heterocycles. The Morgan fingerprint density at radius 2 is 0.978 bits per heavy atom. The lowest BCUT2D eigenvalue weighted by atomic mass is 9.55. The molecular weight excluding hydrogens is 558 g/mol. The predicted molar refractivity (Wildman–Crippen MR) is 178 cm³/mol. The molecule has 5 heteroatoms. The standard InChI is InChI=1S/C40H47NO4/c1-2-3-4-5-6-7-8-9-10-11-12-13-18-27-45-40(44)28-23-25-29(26-24-28)41-38(42)36-34-30-19-14-15-20-31(30)35(37(36)39(41)43)33-22-17-16-21-32(33)34/h14-17,19-26,34-37H,2-13,18,27H2,1H3/t34?,35?,36-,37-/m1/s1. The molecule has 1 aliphatic heterocycles. The molecule has 5 nitrogen and oxygen atoms in total. The van der Waals surface area contributed by atoms with Crippen LogP contribution in [0.2, 0.25) is 0 Å². The third-order valence-electron chi connectivity index (χ3n) is 10.3. The van der Waals surface area contributed by atoms with Crippen LogP contribution in [0.3, 0.4) is 0 Å². The molecule has 7 rings (SSSR count). The molecule has 0 N–H and O–H groups in total. The number of benzene rings is 3. The van der Waals surface area contributed by atoms with Gasteiger partial charge in [-0.15, -0.1) is 0 Å². The highest BCUT2D eigenvalue weighted by atomic mass is 16.5. The molecule has 0 spiro atoms. The topological polar surface area (TPSA) is 63.7 Å². The predicted octanol–water partition coefficient (Wildman–Crippen LogP) is 9.33. The number of unbranched alkanes of at least 4 members (excludes halogenated alkanes) is 12. The van der Waals surface area contributed by atoms with Gasteiger partial charge in [-0.2, -0.15) is 0 Å². The Hall–Kier alpha value is -3.73. The molecule has 0 radical (unpaired) electrons. The molecule has 0 saturated carbocycles. The highest BCUT2D eigenvalue weighted by molar-refractivity contribution is 6.23. The van der Waals surface area contributed by atoms with E-state index in [-0.39, 0.29) is 29.6 Å². The van der Waals surface area contributed by atoms with E-state index >= 15 is 0 Å². The van der Waals surface area contributed by atoms with Crippen molar-refractivity contribution in [3.8, 4) is 0 Å². The SMILES string of the molecule is CCCCCCCCCCCCCCCOC(=O)c1ccc(N2C(=O)[C@@H]3C4c5ccccc5C(c5ccccc54)[C@H]3C2=O)cc1. The van der Waals surface area contributed by atoms with Crippen LogP contribution in [0, 0.1) is 11.8 Å². The highest BCUT2D eigenvalue weighted by Crippen LogP contribution is 2.61. The van der Waals surface area contributed by atoms with Gasteiger partial charge in [0.2, 0.25) is 11.8 Å². The van der Waals surface area contributed by atoms with Crippen molar-refractivity contribution in [2.75, 3.05) is 11.5 Å². The summed E-state index contributed by atoms with van der Waals surface area (Å²) in [7, 11) is 0. The van der Waals surface area contributed by atoms with E-state index in [4.69, 9.17) is 4.74 Å². The van der Waals surface area contributed by atoms with Crippen LogP contribution in [0.15, 0.2) is 72.8 Å². The maximum atomic E-state index is 14.0. The number of amides is 2.